The maximum atomic E-state index is 13.5. The van der Waals surface area contributed by atoms with Crippen LogP contribution < -0.4 is 5.32 Å². The minimum Gasteiger partial charge on any atom is -0.352 e. The van der Waals surface area contributed by atoms with Crippen molar-refractivity contribution in [3.05, 3.63) is 40.0 Å². The van der Waals surface area contributed by atoms with Crippen molar-refractivity contribution in [2.24, 2.45) is 5.92 Å². The van der Waals surface area contributed by atoms with Gasteiger partial charge in [-0.15, -0.1) is 0 Å². The summed E-state index contributed by atoms with van der Waals surface area (Å²) in [5.41, 5.74) is 0.849. The number of nitrogens with zero attached hydrogens (tertiary/aromatic N) is 1. The average Bonchev–Trinajstić information content (AvgIpc) is 2.52. The van der Waals surface area contributed by atoms with E-state index in [2.05, 4.69) is 10.3 Å². The van der Waals surface area contributed by atoms with E-state index in [0.29, 0.717) is 34.5 Å². The second-order valence-electron chi connectivity index (χ2n) is 6.15. The molecule has 1 saturated carbocycles. The fourth-order valence-corrected chi connectivity index (χ4v) is 3.56. The standard InChI is InChI=1S/C17H16Cl2F2N2O/c18-12-4-5-13-11(3-6-14(19)23-13)15(12)16(24)22-9-10-2-1-7-17(20,21)8-10/h3-6,10H,1-2,7-9H2,(H,22,24)/t10-/m0/s1. The third-order valence-corrected chi connectivity index (χ3v) is 4.83. The first kappa shape index (κ1) is 17.4. The largest absolute Gasteiger partial charge is 0.352 e. The van der Waals surface area contributed by atoms with E-state index in [-0.39, 0.29) is 36.2 Å². The summed E-state index contributed by atoms with van der Waals surface area (Å²) < 4.78 is 26.9. The van der Waals surface area contributed by atoms with Crippen LogP contribution in [0.4, 0.5) is 8.78 Å². The van der Waals surface area contributed by atoms with Crippen molar-refractivity contribution in [3.8, 4) is 0 Å². The van der Waals surface area contributed by atoms with Gasteiger partial charge in [0.1, 0.15) is 5.15 Å². The van der Waals surface area contributed by atoms with Crippen LogP contribution >= 0.6 is 23.2 Å². The molecule has 1 aromatic heterocycles. The number of pyridine rings is 1. The van der Waals surface area contributed by atoms with Crippen molar-refractivity contribution >= 4 is 40.0 Å². The number of rotatable bonds is 3. The molecule has 1 aliphatic carbocycles. The number of halogens is 4. The van der Waals surface area contributed by atoms with Crippen LogP contribution in [-0.4, -0.2) is 23.4 Å². The Labute approximate surface area is 148 Å². The molecule has 128 valence electrons. The van der Waals surface area contributed by atoms with Gasteiger partial charge in [-0.1, -0.05) is 23.2 Å². The van der Waals surface area contributed by atoms with E-state index in [1.165, 1.54) is 0 Å². The Kier molecular flexibility index (Phi) is 4.92. The smallest absolute Gasteiger partial charge is 0.253 e. The summed E-state index contributed by atoms with van der Waals surface area (Å²) in [6, 6.07) is 6.53. The van der Waals surface area contributed by atoms with Gasteiger partial charge in [-0.25, -0.2) is 13.8 Å². The normalized spacial score (nSPS) is 20.1. The first-order valence-corrected chi connectivity index (χ1v) is 8.52. The highest BCUT2D eigenvalue weighted by molar-refractivity contribution is 6.35. The van der Waals surface area contributed by atoms with Gasteiger partial charge in [0.25, 0.3) is 5.91 Å². The summed E-state index contributed by atoms with van der Waals surface area (Å²) in [5, 5.41) is 3.93. The lowest BCUT2D eigenvalue weighted by atomic mass is 9.86. The molecule has 2 aromatic rings. The minimum absolute atomic E-state index is 0.0704. The van der Waals surface area contributed by atoms with E-state index in [4.69, 9.17) is 23.2 Å². The number of nitrogens with one attached hydrogen (secondary N) is 1. The zero-order chi connectivity index (χ0) is 17.3. The van der Waals surface area contributed by atoms with Crippen molar-refractivity contribution in [2.75, 3.05) is 6.54 Å². The third kappa shape index (κ3) is 3.78. The van der Waals surface area contributed by atoms with Crippen LogP contribution in [-0.2, 0) is 0 Å². The number of carbonyl (C=O) groups is 1. The van der Waals surface area contributed by atoms with Crippen LogP contribution in [0.3, 0.4) is 0 Å². The molecular weight excluding hydrogens is 357 g/mol. The molecule has 24 heavy (non-hydrogen) atoms. The first-order valence-electron chi connectivity index (χ1n) is 7.76. The topological polar surface area (TPSA) is 42.0 Å². The number of benzene rings is 1. The number of fused-ring (bicyclic) bond motifs is 1. The summed E-state index contributed by atoms with van der Waals surface area (Å²) in [6.07, 6.45) is 0.911. The Morgan fingerprint density at radius 1 is 1.29 bits per heavy atom. The second kappa shape index (κ2) is 6.81. The van der Waals surface area contributed by atoms with Crippen LogP contribution in [0.5, 0.6) is 0 Å². The van der Waals surface area contributed by atoms with Gasteiger partial charge in [-0.2, -0.15) is 0 Å². The number of carbonyl (C=O) groups excluding carboxylic acids is 1. The van der Waals surface area contributed by atoms with Gasteiger partial charge in [0.05, 0.1) is 16.1 Å². The molecule has 3 rings (SSSR count). The number of hydrogen-bond donors (Lipinski definition) is 1. The van der Waals surface area contributed by atoms with Gasteiger partial charge in [0.2, 0.25) is 5.92 Å². The molecule has 1 aromatic carbocycles. The van der Waals surface area contributed by atoms with E-state index in [1.807, 2.05) is 0 Å². The second-order valence-corrected chi connectivity index (χ2v) is 6.95. The lowest BCUT2D eigenvalue weighted by Gasteiger charge is -2.29. The summed E-state index contributed by atoms with van der Waals surface area (Å²) >= 11 is 12.0. The maximum Gasteiger partial charge on any atom is 0.253 e. The summed E-state index contributed by atoms with van der Waals surface area (Å²) in [5.74, 6) is -3.24. The maximum absolute atomic E-state index is 13.5. The van der Waals surface area contributed by atoms with E-state index in [1.54, 1.807) is 24.3 Å². The molecular formula is C17H16Cl2F2N2O. The number of alkyl halides is 2. The Balaban J connectivity index is 1.78. The van der Waals surface area contributed by atoms with E-state index < -0.39 is 5.92 Å². The number of aromatic nitrogens is 1. The van der Waals surface area contributed by atoms with Crippen LogP contribution in [0.2, 0.25) is 10.2 Å². The van der Waals surface area contributed by atoms with Crippen LogP contribution in [0.15, 0.2) is 24.3 Å². The molecule has 0 saturated heterocycles. The van der Waals surface area contributed by atoms with Crippen molar-refractivity contribution in [3.63, 3.8) is 0 Å². The van der Waals surface area contributed by atoms with Gasteiger partial charge in [-0.3, -0.25) is 4.79 Å². The van der Waals surface area contributed by atoms with Gasteiger partial charge in [-0.05, 0) is 43.0 Å². The quantitative estimate of drug-likeness (QED) is 0.761. The Bertz CT molecular complexity index is 783. The molecule has 1 N–H and O–H groups in total. The van der Waals surface area contributed by atoms with Crippen molar-refractivity contribution < 1.29 is 13.6 Å². The molecule has 1 heterocycles. The van der Waals surface area contributed by atoms with Gasteiger partial charge in [0, 0.05) is 24.8 Å². The summed E-state index contributed by atoms with van der Waals surface area (Å²) in [7, 11) is 0. The van der Waals surface area contributed by atoms with Gasteiger partial charge < -0.3 is 5.32 Å². The fraction of sp³-hybridized carbons (Fsp3) is 0.412. The first-order chi connectivity index (χ1) is 11.4. The van der Waals surface area contributed by atoms with Gasteiger partial charge >= 0.3 is 0 Å². The lowest BCUT2D eigenvalue weighted by molar-refractivity contribution is -0.0518. The average molecular weight is 373 g/mol. The summed E-state index contributed by atoms with van der Waals surface area (Å²) in [6.45, 7) is 0.210. The Morgan fingerprint density at radius 3 is 2.83 bits per heavy atom. The molecule has 1 amide bonds. The fourth-order valence-electron chi connectivity index (χ4n) is 3.16. The van der Waals surface area contributed by atoms with E-state index in [9.17, 15) is 13.6 Å². The van der Waals surface area contributed by atoms with E-state index >= 15 is 0 Å². The number of hydrogen-bond acceptors (Lipinski definition) is 2. The molecule has 7 heteroatoms. The van der Waals surface area contributed by atoms with Crippen LogP contribution in [0.1, 0.15) is 36.0 Å². The monoisotopic (exact) mass is 372 g/mol. The van der Waals surface area contributed by atoms with Crippen LogP contribution in [0.25, 0.3) is 10.9 Å². The van der Waals surface area contributed by atoms with Crippen molar-refractivity contribution in [1.82, 2.24) is 10.3 Å². The molecule has 1 atom stereocenters. The van der Waals surface area contributed by atoms with Crippen molar-refractivity contribution in [2.45, 2.75) is 31.6 Å². The molecule has 3 nitrogen and oxygen atoms in total. The third-order valence-electron chi connectivity index (χ3n) is 4.31. The Morgan fingerprint density at radius 2 is 2.08 bits per heavy atom. The molecule has 0 unspecified atom stereocenters. The predicted molar refractivity (Wildman–Crippen MR) is 91.0 cm³/mol. The molecule has 0 spiro atoms. The summed E-state index contributed by atoms with van der Waals surface area (Å²) in [4.78, 5) is 16.7. The highest BCUT2D eigenvalue weighted by Gasteiger charge is 2.36. The van der Waals surface area contributed by atoms with Crippen LogP contribution in [0, 0.1) is 5.92 Å². The Hall–Kier alpha value is -1.46. The molecule has 0 bridgehead atoms. The number of amides is 1. The lowest BCUT2D eigenvalue weighted by Crippen LogP contribution is -2.35. The van der Waals surface area contributed by atoms with E-state index in [0.717, 1.165) is 0 Å². The van der Waals surface area contributed by atoms with Gasteiger partial charge in [0.15, 0.2) is 0 Å². The molecule has 0 aliphatic heterocycles. The minimum atomic E-state index is -2.63. The highest BCUT2D eigenvalue weighted by atomic mass is 35.5. The predicted octanol–water partition coefficient (Wildman–Crippen LogP) is 5.10. The molecule has 1 aliphatic rings. The zero-order valence-corrected chi connectivity index (χ0v) is 14.3. The molecule has 1 fully saturated rings. The van der Waals surface area contributed by atoms with Crippen molar-refractivity contribution in [1.29, 1.82) is 0 Å². The highest BCUT2D eigenvalue weighted by Crippen LogP contribution is 2.36. The molecule has 0 radical (unpaired) electrons. The SMILES string of the molecule is O=C(NC[C@H]1CCCC(F)(F)C1)c1c(Cl)ccc2nc(Cl)ccc12. The zero-order valence-electron chi connectivity index (χ0n) is 12.8.